The number of nitro benzene ring substituents is 1. The highest BCUT2D eigenvalue weighted by atomic mass is 32.2. The molecule has 12 heteroatoms. The number of hydrogen-bond donors (Lipinski definition) is 0. The summed E-state index contributed by atoms with van der Waals surface area (Å²) in [6.07, 6.45) is 1.94. The number of aromatic nitrogens is 3. The number of nitro groups is 1. The second-order valence-electron chi connectivity index (χ2n) is 8.30. The number of carbonyl (C=O) groups excluding carboxylic acids is 1. The molecule has 2 aromatic carbocycles. The number of sulfonamides is 1. The van der Waals surface area contributed by atoms with Crippen molar-refractivity contribution in [1.82, 2.24) is 24.2 Å². The van der Waals surface area contributed by atoms with Crippen LogP contribution in [-0.2, 0) is 10.0 Å². The molecule has 3 aromatic rings. The van der Waals surface area contributed by atoms with Crippen LogP contribution in [0.25, 0.3) is 5.69 Å². The Balaban J connectivity index is 1.33. The summed E-state index contributed by atoms with van der Waals surface area (Å²) in [5.74, 6) is -0.0406. The molecule has 11 nitrogen and oxygen atoms in total. The van der Waals surface area contributed by atoms with Crippen LogP contribution in [0.1, 0.15) is 34.9 Å². The molecule has 0 unspecified atom stereocenters. The van der Waals surface area contributed by atoms with E-state index in [4.69, 9.17) is 0 Å². The molecule has 1 aromatic heterocycles. The predicted octanol–water partition coefficient (Wildman–Crippen LogP) is 2.20. The average Bonchev–Trinajstić information content (AvgIpc) is 3.61. The second-order valence-corrected chi connectivity index (χ2v) is 10.2. The van der Waals surface area contributed by atoms with E-state index in [1.165, 1.54) is 22.5 Å². The zero-order valence-corrected chi connectivity index (χ0v) is 19.0. The van der Waals surface area contributed by atoms with Gasteiger partial charge in [0.25, 0.3) is 11.6 Å². The van der Waals surface area contributed by atoms with Crippen molar-refractivity contribution in [3.8, 4) is 5.69 Å². The highest BCUT2D eigenvalue weighted by molar-refractivity contribution is 7.89. The van der Waals surface area contributed by atoms with Gasteiger partial charge in [0.15, 0.2) is 5.69 Å². The molecule has 0 N–H and O–H groups in total. The molecular weight excluding hydrogens is 460 g/mol. The monoisotopic (exact) mass is 482 g/mol. The van der Waals surface area contributed by atoms with E-state index in [0.717, 1.165) is 30.3 Å². The Morgan fingerprint density at radius 1 is 1.00 bits per heavy atom. The summed E-state index contributed by atoms with van der Waals surface area (Å²) in [6.45, 7) is 0.551. The summed E-state index contributed by atoms with van der Waals surface area (Å²) in [5, 5.41) is 19.5. The highest BCUT2D eigenvalue weighted by Gasteiger charge is 2.37. The van der Waals surface area contributed by atoms with Gasteiger partial charge in [0.1, 0.15) is 0 Å². The lowest BCUT2D eigenvalue weighted by molar-refractivity contribution is -0.385. The molecule has 2 heterocycles. The minimum absolute atomic E-state index is 0.0857. The van der Waals surface area contributed by atoms with Gasteiger partial charge >= 0.3 is 0 Å². The Bertz CT molecular complexity index is 1350. The van der Waals surface area contributed by atoms with Crippen LogP contribution in [0.5, 0.6) is 0 Å². The first-order valence-corrected chi connectivity index (χ1v) is 12.3. The smallest absolute Gasteiger partial charge is 0.276 e. The maximum Gasteiger partial charge on any atom is 0.276 e. The molecule has 34 heavy (non-hydrogen) atoms. The fourth-order valence-corrected chi connectivity index (χ4v) is 5.57. The number of rotatable bonds is 6. The molecular formula is C22H22N6O5S. The number of amides is 1. The van der Waals surface area contributed by atoms with Gasteiger partial charge in [0, 0.05) is 44.2 Å². The molecule has 1 saturated carbocycles. The number of para-hydroxylation sites is 1. The van der Waals surface area contributed by atoms with Crippen molar-refractivity contribution in [2.75, 3.05) is 26.2 Å². The SMILES string of the molecule is O=C(c1nnn(-c2ccccc2)c1C1CC1)N1CCN(S(=O)(=O)c2cccc([N+](=O)[O-])c2)CC1. The van der Waals surface area contributed by atoms with Crippen molar-refractivity contribution in [3.05, 3.63) is 76.1 Å². The Morgan fingerprint density at radius 2 is 1.71 bits per heavy atom. The third kappa shape index (κ3) is 4.05. The normalized spacial score (nSPS) is 17.0. The number of carbonyl (C=O) groups is 1. The number of hydrogen-bond acceptors (Lipinski definition) is 7. The summed E-state index contributed by atoms with van der Waals surface area (Å²) in [5.41, 5.74) is 1.65. The van der Waals surface area contributed by atoms with Crippen molar-refractivity contribution in [2.24, 2.45) is 0 Å². The predicted molar refractivity (Wildman–Crippen MR) is 121 cm³/mol. The second kappa shape index (κ2) is 8.61. The summed E-state index contributed by atoms with van der Waals surface area (Å²) in [4.78, 5) is 25.2. The van der Waals surface area contributed by atoms with Gasteiger partial charge < -0.3 is 4.90 Å². The molecule has 1 aliphatic carbocycles. The number of piperazine rings is 1. The quantitative estimate of drug-likeness (QED) is 0.389. The van der Waals surface area contributed by atoms with Crippen molar-refractivity contribution >= 4 is 21.6 Å². The molecule has 0 spiro atoms. The van der Waals surface area contributed by atoms with Gasteiger partial charge in [-0.2, -0.15) is 4.31 Å². The van der Waals surface area contributed by atoms with Gasteiger partial charge in [-0.3, -0.25) is 14.9 Å². The lowest BCUT2D eigenvalue weighted by atomic mass is 10.2. The summed E-state index contributed by atoms with van der Waals surface area (Å²) >= 11 is 0. The van der Waals surface area contributed by atoms with E-state index in [1.807, 2.05) is 30.3 Å². The Kier molecular flexibility index (Phi) is 5.62. The van der Waals surface area contributed by atoms with Crippen molar-refractivity contribution in [3.63, 3.8) is 0 Å². The maximum absolute atomic E-state index is 13.3. The third-order valence-corrected chi connectivity index (χ3v) is 7.96. The molecule has 2 aliphatic rings. The van der Waals surface area contributed by atoms with Gasteiger partial charge in [-0.25, -0.2) is 13.1 Å². The van der Waals surface area contributed by atoms with E-state index < -0.39 is 14.9 Å². The summed E-state index contributed by atoms with van der Waals surface area (Å²) < 4.78 is 29.0. The largest absolute Gasteiger partial charge is 0.335 e. The lowest BCUT2D eigenvalue weighted by Gasteiger charge is -2.33. The first kappa shape index (κ1) is 22.2. The molecule has 0 bridgehead atoms. The molecule has 5 rings (SSSR count). The number of non-ortho nitro benzene ring substituents is 1. The zero-order chi connectivity index (χ0) is 23.9. The van der Waals surface area contributed by atoms with Crippen LogP contribution in [0.3, 0.4) is 0 Å². The first-order chi connectivity index (χ1) is 16.4. The van der Waals surface area contributed by atoms with E-state index in [1.54, 1.807) is 9.58 Å². The van der Waals surface area contributed by atoms with Crippen molar-refractivity contribution < 1.29 is 18.1 Å². The van der Waals surface area contributed by atoms with E-state index in [2.05, 4.69) is 10.3 Å². The molecule has 2 fully saturated rings. The minimum Gasteiger partial charge on any atom is -0.335 e. The Labute approximate surface area is 195 Å². The van der Waals surface area contributed by atoms with Gasteiger partial charge in [0.2, 0.25) is 10.0 Å². The third-order valence-electron chi connectivity index (χ3n) is 6.06. The van der Waals surface area contributed by atoms with E-state index >= 15 is 0 Å². The van der Waals surface area contributed by atoms with Crippen LogP contribution in [-0.4, -0.2) is 69.6 Å². The van der Waals surface area contributed by atoms with Crippen LogP contribution in [0.2, 0.25) is 0 Å². The Morgan fingerprint density at radius 3 is 2.35 bits per heavy atom. The van der Waals surface area contributed by atoms with Gasteiger partial charge in [0.05, 0.1) is 21.2 Å². The van der Waals surface area contributed by atoms with Gasteiger partial charge in [-0.15, -0.1) is 5.10 Å². The summed E-state index contributed by atoms with van der Waals surface area (Å²) in [6, 6.07) is 14.5. The summed E-state index contributed by atoms with van der Waals surface area (Å²) in [7, 11) is -3.92. The molecule has 0 radical (unpaired) electrons. The molecule has 1 aliphatic heterocycles. The topological polar surface area (TPSA) is 132 Å². The molecule has 176 valence electrons. The average molecular weight is 483 g/mol. The zero-order valence-electron chi connectivity index (χ0n) is 18.1. The maximum atomic E-state index is 13.3. The van der Waals surface area contributed by atoms with Crippen LogP contribution in [0.15, 0.2) is 59.5 Å². The van der Waals surface area contributed by atoms with Crippen LogP contribution < -0.4 is 0 Å². The minimum atomic E-state index is -3.92. The molecule has 0 atom stereocenters. The van der Waals surface area contributed by atoms with Crippen LogP contribution in [0.4, 0.5) is 5.69 Å². The van der Waals surface area contributed by atoms with Crippen molar-refractivity contribution in [1.29, 1.82) is 0 Å². The van der Waals surface area contributed by atoms with E-state index in [0.29, 0.717) is 5.69 Å². The van der Waals surface area contributed by atoms with Crippen LogP contribution >= 0.6 is 0 Å². The fourth-order valence-electron chi connectivity index (χ4n) is 4.11. The number of benzene rings is 2. The van der Waals surface area contributed by atoms with Gasteiger partial charge in [-0.05, 0) is 31.0 Å². The van der Waals surface area contributed by atoms with Crippen molar-refractivity contribution in [2.45, 2.75) is 23.7 Å². The van der Waals surface area contributed by atoms with Gasteiger partial charge in [-0.1, -0.05) is 29.5 Å². The standard InChI is InChI=1S/C22H22N6O5S/c29-22(20-21(16-9-10-16)27(24-23-20)17-5-2-1-3-6-17)25-11-13-26(14-12-25)34(32,33)19-8-4-7-18(15-19)28(30)31/h1-8,15-16H,9-14H2. The Hall–Kier alpha value is -3.64. The van der Waals surface area contributed by atoms with E-state index in [9.17, 15) is 23.3 Å². The molecule has 1 saturated heterocycles. The highest BCUT2D eigenvalue weighted by Crippen LogP contribution is 2.42. The lowest BCUT2D eigenvalue weighted by Crippen LogP contribution is -2.50. The van der Waals surface area contributed by atoms with E-state index in [-0.39, 0.29) is 48.6 Å². The molecule has 1 amide bonds. The number of nitrogens with zero attached hydrogens (tertiary/aromatic N) is 6. The van der Waals surface area contributed by atoms with Crippen LogP contribution in [0, 0.1) is 10.1 Å². The fraction of sp³-hybridized carbons (Fsp3) is 0.318. The first-order valence-electron chi connectivity index (χ1n) is 10.9.